The van der Waals surface area contributed by atoms with Crippen LogP contribution < -0.4 is 5.73 Å². The Bertz CT molecular complexity index is 636. The summed E-state index contributed by atoms with van der Waals surface area (Å²) in [5.74, 6) is 0.783. The Morgan fingerprint density at radius 3 is 2.43 bits per heavy atom. The van der Waals surface area contributed by atoms with E-state index in [0.717, 1.165) is 16.9 Å². The van der Waals surface area contributed by atoms with E-state index in [0.29, 0.717) is 12.2 Å². The number of benzene rings is 1. The number of hydrogen-bond acceptors (Lipinski definition) is 2. The monoisotopic (exact) mass is 299 g/mol. The molecule has 0 amide bonds. The first-order valence-corrected chi connectivity index (χ1v) is 6.91. The molecular formula is C15H20F3N3. The van der Waals surface area contributed by atoms with E-state index in [1.165, 1.54) is 0 Å². The minimum Gasteiger partial charge on any atom is -0.399 e. The highest BCUT2D eigenvalue weighted by atomic mass is 19.4. The Balaban J connectivity index is 2.39. The molecule has 2 aromatic rings. The summed E-state index contributed by atoms with van der Waals surface area (Å²) in [6, 6.07) is 5.32. The molecular weight excluding hydrogens is 279 g/mol. The molecule has 0 radical (unpaired) electrons. The molecule has 0 aliphatic rings. The van der Waals surface area contributed by atoms with Crippen molar-refractivity contribution in [3.05, 3.63) is 24.0 Å². The van der Waals surface area contributed by atoms with Crippen molar-refractivity contribution in [2.75, 3.05) is 5.73 Å². The third-order valence-electron chi connectivity index (χ3n) is 3.29. The van der Waals surface area contributed by atoms with Crippen LogP contribution in [0.25, 0.3) is 11.0 Å². The summed E-state index contributed by atoms with van der Waals surface area (Å²) in [4.78, 5) is 4.56. The lowest BCUT2D eigenvalue weighted by Gasteiger charge is -2.20. The molecule has 0 unspecified atom stereocenters. The molecule has 2 N–H and O–H groups in total. The maximum absolute atomic E-state index is 12.3. The van der Waals surface area contributed by atoms with Gasteiger partial charge in [-0.3, -0.25) is 0 Å². The Labute approximate surface area is 122 Å². The molecule has 3 nitrogen and oxygen atoms in total. The number of imidazole rings is 1. The van der Waals surface area contributed by atoms with Gasteiger partial charge in [-0.15, -0.1) is 0 Å². The largest absolute Gasteiger partial charge is 0.399 e. The van der Waals surface area contributed by atoms with Gasteiger partial charge in [0.2, 0.25) is 0 Å². The summed E-state index contributed by atoms with van der Waals surface area (Å²) in [5, 5.41) is 0. The second kappa shape index (κ2) is 5.24. The zero-order valence-electron chi connectivity index (χ0n) is 12.5. The highest BCUT2D eigenvalue weighted by Gasteiger charge is 2.27. The smallest absolute Gasteiger partial charge is 0.389 e. The molecule has 0 saturated carbocycles. The Morgan fingerprint density at radius 1 is 1.19 bits per heavy atom. The van der Waals surface area contributed by atoms with Gasteiger partial charge in [-0.2, -0.15) is 13.2 Å². The van der Waals surface area contributed by atoms with Crippen molar-refractivity contribution in [1.82, 2.24) is 9.55 Å². The van der Waals surface area contributed by atoms with Crippen LogP contribution in [0.2, 0.25) is 0 Å². The number of halogens is 3. The molecule has 2 rings (SSSR count). The number of hydrogen-bond donors (Lipinski definition) is 1. The maximum atomic E-state index is 12.3. The predicted octanol–water partition coefficient (Wildman–Crippen LogP) is 4.26. The van der Waals surface area contributed by atoms with Crippen LogP contribution in [0.3, 0.4) is 0 Å². The minimum atomic E-state index is -4.12. The summed E-state index contributed by atoms with van der Waals surface area (Å²) in [6.45, 7) is 6.29. The van der Waals surface area contributed by atoms with Crippen LogP contribution in [-0.4, -0.2) is 15.7 Å². The van der Waals surface area contributed by atoms with E-state index >= 15 is 0 Å². The topological polar surface area (TPSA) is 43.8 Å². The lowest BCUT2D eigenvalue weighted by Crippen LogP contribution is -2.20. The second-order valence-corrected chi connectivity index (χ2v) is 6.30. The summed E-state index contributed by atoms with van der Waals surface area (Å²) in [5.41, 5.74) is 7.67. The highest BCUT2D eigenvalue weighted by Crippen LogP contribution is 2.29. The molecule has 0 aliphatic heterocycles. The first-order valence-electron chi connectivity index (χ1n) is 6.91. The van der Waals surface area contributed by atoms with E-state index in [9.17, 15) is 13.2 Å². The Morgan fingerprint density at radius 2 is 1.86 bits per heavy atom. The minimum absolute atomic E-state index is 0.0441. The second-order valence-electron chi connectivity index (χ2n) is 6.30. The van der Waals surface area contributed by atoms with Crippen LogP contribution in [0.15, 0.2) is 18.2 Å². The van der Waals surface area contributed by atoms with Crippen molar-refractivity contribution in [3.8, 4) is 0 Å². The normalized spacial score (nSPS) is 13.0. The zero-order valence-corrected chi connectivity index (χ0v) is 12.5. The summed E-state index contributed by atoms with van der Waals surface area (Å²) in [6.07, 6.45) is -4.86. The van der Waals surface area contributed by atoms with Crippen molar-refractivity contribution in [3.63, 3.8) is 0 Å². The number of rotatable bonds is 3. The zero-order chi connectivity index (χ0) is 15.8. The van der Waals surface area contributed by atoms with Gasteiger partial charge in [-0.1, -0.05) is 20.8 Å². The molecule has 116 valence electrons. The van der Waals surface area contributed by atoms with Gasteiger partial charge in [0.05, 0.1) is 11.0 Å². The van der Waals surface area contributed by atoms with E-state index < -0.39 is 12.6 Å². The van der Waals surface area contributed by atoms with E-state index in [2.05, 4.69) is 4.98 Å². The van der Waals surface area contributed by atoms with E-state index in [4.69, 9.17) is 5.73 Å². The fourth-order valence-corrected chi connectivity index (χ4v) is 2.38. The molecule has 1 aromatic carbocycles. The van der Waals surface area contributed by atoms with E-state index in [1.54, 1.807) is 12.1 Å². The van der Waals surface area contributed by atoms with E-state index in [-0.39, 0.29) is 11.8 Å². The number of alkyl halides is 3. The van der Waals surface area contributed by atoms with Crippen molar-refractivity contribution < 1.29 is 13.2 Å². The van der Waals surface area contributed by atoms with Gasteiger partial charge in [0.1, 0.15) is 5.82 Å². The standard InChI is InChI=1S/C15H20F3N3/c1-14(2,3)13-20-11-9-10(19)5-6-12(11)21(13)8-4-7-15(16,17)18/h5-6,9H,4,7-8,19H2,1-3H3. The van der Waals surface area contributed by atoms with Crippen LogP contribution in [0.5, 0.6) is 0 Å². The summed E-state index contributed by atoms with van der Waals surface area (Å²) in [7, 11) is 0. The van der Waals surface area contributed by atoms with Crippen molar-refractivity contribution in [1.29, 1.82) is 0 Å². The molecule has 0 fully saturated rings. The number of nitrogens with two attached hydrogens (primary N) is 1. The summed E-state index contributed by atoms with van der Waals surface area (Å²) >= 11 is 0. The maximum Gasteiger partial charge on any atom is 0.389 e. The van der Waals surface area contributed by atoms with Crippen LogP contribution in [-0.2, 0) is 12.0 Å². The lowest BCUT2D eigenvalue weighted by atomic mass is 9.95. The molecule has 1 heterocycles. The molecule has 0 saturated heterocycles. The van der Waals surface area contributed by atoms with Gasteiger partial charge in [0.15, 0.2) is 0 Å². The van der Waals surface area contributed by atoms with Crippen LogP contribution in [0.4, 0.5) is 18.9 Å². The molecule has 21 heavy (non-hydrogen) atoms. The summed E-state index contributed by atoms with van der Waals surface area (Å²) < 4.78 is 38.9. The van der Waals surface area contributed by atoms with Gasteiger partial charge in [0.25, 0.3) is 0 Å². The lowest BCUT2D eigenvalue weighted by molar-refractivity contribution is -0.135. The van der Waals surface area contributed by atoms with Gasteiger partial charge >= 0.3 is 6.18 Å². The Hall–Kier alpha value is -1.72. The van der Waals surface area contributed by atoms with Gasteiger partial charge < -0.3 is 10.3 Å². The molecule has 0 spiro atoms. The molecule has 1 aromatic heterocycles. The quantitative estimate of drug-likeness (QED) is 0.861. The number of aryl methyl sites for hydroxylation is 1. The number of nitrogens with zero attached hydrogens (tertiary/aromatic N) is 2. The molecule has 0 aliphatic carbocycles. The predicted molar refractivity (Wildman–Crippen MR) is 78.1 cm³/mol. The molecule has 6 heteroatoms. The fraction of sp³-hybridized carbons (Fsp3) is 0.533. The Kier molecular flexibility index (Phi) is 3.91. The van der Waals surface area contributed by atoms with Crippen molar-refractivity contribution >= 4 is 16.7 Å². The average Bonchev–Trinajstić information content (AvgIpc) is 2.65. The third kappa shape index (κ3) is 3.68. The SMILES string of the molecule is CC(C)(C)c1nc2cc(N)ccc2n1CCCC(F)(F)F. The third-order valence-corrected chi connectivity index (χ3v) is 3.29. The average molecular weight is 299 g/mol. The fourth-order valence-electron chi connectivity index (χ4n) is 2.38. The van der Waals surface area contributed by atoms with Gasteiger partial charge in [0, 0.05) is 24.1 Å². The number of nitrogen functional groups attached to an aromatic ring is 1. The number of fused-ring (bicyclic) bond motifs is 1. The van der Waals surface area contributed by atoms with Gasteiger partial charge in [-0.25, -0.2) is 4.98 Å². The van der Waals surface area contributed by atoms with Crippen LogP contribution >= 0.6 is 0 Å². The van der Waals surface area contributed by atoms with E-state index in [1.807, 2.05) is 31.4 Å². The van der Waals surface area contributed by atoms with Crippen LogP contribution in [0, 0.1) is 0 Å². The highest BCUT2D eigenvalue weighted by molar-refractivity contribution is 5.79. The number of aromatic nitrogens is 2. The molecule has 0 bridgehead atoms. The van der Waals surface area contributed by atoms with Crippen molar-refractivity contribution in [2.24, 2.45) is 0 Å². The van der Waals surface area contributed by atoms with Gasteiger partial charge in [-0.05, 0) is 24.6 Å². The first-order chi connectivity index (χ1) is 9.58. The van der Waals surface area contributed by atoms with Crippen molar-refractivity contribution in [2.45, 2.75) is 51.7 Å². The first kappa shape index (κ1) is 15.7. The van der Waals surface area contributed by atoms with Crippen LogP contribution in [0.1, 0.15) is 39.4 Å². The molecule has 0 atom stereocenters. The number of anilines is 1.